The van der Waals surface area contributed by atoms with E-state index < -0.39 is 0 Å². The fraction of sp³-hybridized carbons (Fsp3) is 0.350. The third-order valence-electron chi connectivity index (χ3n) is 5.03. The number of anilines is 4. The van der Waals surface area contributed by atoms with Crippen LogP contribution in [-0.4, -0.2) is 55.5 Å². The van der Waals surface area contributed by atoms with Gasteiger partial charge in [0, 0.05) is 31.2 Å². The van der Waals surface area contributed by atoms with E-state index in [1.165, 1.54) is 0 Å². The number of aliphatic imine (C=N–C) groups is 1. The third kappa shape index (κ3) is 3.43. The van der Waals surface area contributed by atoms with Gasteiger partial charge >= 0.3 is 0 Å². The van der Waals surface area contributed by atoms with Gasteiger partial charge in [0.15, 0.2) is 0 Å². The number of hydrogen-bond acceptors (Lipinski definition) is 4. The van der Waals surface area contributed by atoms with E-state index in [0.717, 1.165) is 66.5 Å². The van der Waals surface area contributed by atoms with Gasteiger partial charge in [-0.25, -0.2) is 0 Å². The Labute approximate surface area is 159 Å². The highest BCUT2D eigenvalue weighted by Gasteiger charge is 2.24. The average Bonchev–Trinajstić information content (AvgIpc) is 2.65. The highest BCUT2D eigenvalue weighted by molar-refractivity contribution is 6.31. The minimum absolute atomic E-state index is 0.724. The Hall–Kier alpha value is -2.08. The van der Waals surface area contributed by atoms with Crippen LogP contribution in [0.4, 0.5) is 22.7 Å². The first-order valence-corrected chi connectivity index (χ1v) is 9.37. The summed E-state index contributed by atoms with van der Waals surface area (Å²) in [6.45, 7) is 7.12. The SMILES string of the molecule is C/C(=N\CN1CCN(C)CC1)N1c2ccccc2Nc2ccc(Cl)cc21. The number of benzene rings is 2. The number of nitrogens with one attached hydrogen (secondary N) is 1. The standard InChI is InChI=1S/C20H24ClN5/c1-15(22-14-25-11-9-24(2)10-12-25)26-19-6-4-3-5-17(19)23-18-8-7-16(21)13-20(18)26/h3-8,13,23H,9-12,14H2,1-2H3/b22-15+. The zero-order valence-corrected chi connectivity index (χ0v) is 16.0. The quantitative estimate of drug-likeness (QED) is 0.636. The number of hydrogen-bond donors (Lipinski definition) is 1. The minimum Gasteiger partial charge on any atom is -0.352 e. The maximum Gasteiger partial charge on any atom is 0.106 e. The highest BCUT2D eigenvalue weighted by Crippen LogP contribution is 2.44. The van der Waals surface area contributed by atoms with Crippen molar-refractivity contribution in [3.8, 4) is 0 Å². The first-order valence-electron chi connectivity index (χ1n) is 8.99. The fourth-order valence-corrected chi connectivity index (χ4v) is 3.62. The van der Waals surface area contributed by atoms with Gasteiger partial charge < -0.3 is 10.2 Å². The molecule has 0 saturated carbocycles. The summed E-state index contributed by atoms with van der Waals surface area (Å²) in [5.41, 5.74) is 4.26. The summed E-state index contributed by atoms with van der Waals surface area (Å²) < 4.78 is 0. The van der Waals surface area contributed by atoms with E-state index in [1.807, 2.05) is 24.3 Å². The zero-order chi connectivity index (χ0) is 18.1. The monoisotopic (exact) mass is 369 g/mol. The number of piperazine rings is 1. The van der Waals surface area contributed by atoms with Crippen LogP contribution in [0.1, 0.15) is 6.92 Å². The van der Waals surface area contributed by atoms with Crippen molar-refractivity contribution in [3.05, 3.63) is 47.5 Å². The van der Waals surface area contributed by atoms with E-state index >= 15 is 0 Å². The molecule has 0 radical (unpaired) electrons. The largest absolute Gasteiger partial charge is 0.352 e. The topological polar surface area (TPSA) is 34.1 Å². The van der Waals surface area contributed by atoms with Gasteiger partial charge in [0.1, 0.15) is 5.84 Å². The lowest BCUT2D eigenvalue weighted by molar-refractivity contribution is 0.158. The molecule has 1 saturated heterocycles. The molecular weight excluding hydrogens is 346 g/mol. The molecule has 5 nitrogen and oxygen atoms in total. The Balaban J connectivity index is 1.64. The molecule has 1 N–H and O–H groups in total. The van der Waals surface area contributed by atoms with Gasteiger partial charge in [-0.15, -0.1) is 0 Å². The van der Waals surface area contributed by atoms with Crippen LogP contribution in [0.3, 0.4) is 0 Å². The van der Waals surface area contributed by atoms with Crippen LogP contribution in [0.5, 0.6) is 0 Å². The minimum atomic E-state index is 0.724. The molecule has 0 aromatic heterocycles. The molecule has 0 aliphatic carbocycles. The lowest BCUT2D eigenvalue weighted by Crippen LogP contribution is -2.44. The van der Waals surface area contributed by atoms with Crippen LogP contribution in [0, 0.1) is 0 Å². The van der Waals surface area contributed by atoms with Crippen molar-refractivity contribution in [2.45, 2.75) is 6.92 Å². The molecule has 0 bridgehead atoms. The number of likely N-dealkylation sites (N-methyl/N-ethyl adjacent to an activating group) is 1. The summed E-state index contributed by atoms with van der Waals surface area (Å²) >= 11 is 6.28. The second-order valence-corrected chi connectivity index (χ2v) is 7.34. The first-order chi connectivity index (χ1) is 12.6. The van der Waals surface area contributed by atoms with Gasteiger partial charge in [-0.3, -0.25) is 14.8 Å². The molecule has 2 heterocycles. The molecule has 2 aliphatic heterocycles. The summed E-state index contributed by atoms with van der Waals surface area (Å²) in [6.07, 6.45) is 0. The van der Waals surface area contributed by atoms with Crippen molar-refractivity contribution < 1.29 is 0 Å². The number of nitrogens with zero attached hydrogens (tertiary/aromatic N) is 4. The Bertz CT molecular complexity index is 827. The summed E-state index contributed by atoms with van der Waals surface area (Å²) in [7, 11) is 2.17. The van der Waals surface area contributed by atoms with Gasteiger partial charge in [-0.2, -0.15) is 0 Å². The summed E-state index contributed by atoms with van der Waals surface area (Å²) in [6, 6.07) is 14.2. The van der Waals surface area contributed by atoms with Crippen molar-refractivity contribution in [1.82, 2.24) is 9.80 Å². The first kappa shape index (κ1) is 17.3. The molecule has 26 heavy (non-hydrogen) atoms. The van der Waals surface area contributed by atoms with Crippen molar-refractivity contribution in [2.24, 2.45) is 4.99 Å². The van der Waals surface area contributed by atoms with E-state index in [1.54, 1.807) is 0 Å². The average molecular weight is 370 g/mol. The van der Waals surface area contributed by atoms with Crippen molar-refractivity contribution in [1.29, 1.82) is 0 Å². The van der Waals surface area contributed by atoms with Crippen LogP contribution < -0.4 is 10.2 Å². The molecule has 1 fully saturated rings. The van der Waals surface area contributed by atoms with E-state index in [-0.39, 0.29) is 0 Å². The normalized spacial score (nSPS) is 18.3. The lowest BCUT2D eigenvalue weighted by atomic mass is 10.1. The highest BCUT2D eigenvalue weighted by atomic mass is 35.5. The second-order valence-electron chi connectivity index (χ2n) is 6.91. The van der Waals surface area contributed by atoms with Gasteiger partial charge in [-0.05, 0) is 44.3 Å². The van der Waals surface area contributed by atoms with Crippen LogP contribution in [-0.2, 0) is 0 Å². The smallest absolute Gasteiger partial charge is 0.106 e. The number of halogens is 1. The molecule has 0 spiro atoms. The summed E-state index contributed by atoms with van der Waals surface area (Å²) in [4.78, 5) is 11.9. The van der Waals surface area contributed by atoms with Gasteiger partial charge in [-0.1, -0.05) is 23.7 Å². The number of amidine groups is 1. The third-order valence-corrected chi connectivity index (χ3v) is 5.27. The molecular formula is C20H24ClN5. The summed E-state index contributed by atoms with van der Waals surface area (Å²) in [5.74, 6) is 0.974. The van der Waals surface area contributed by atoms with Crippen molar-refractivity contribution in [3.63, 3.8) is 0 Å². The Kier molecular flexibility index (Phi) is 4.85. The van der Waals surface area contributed by atoms with Gasteiger partial charge in [0.2, 0.25) is 0 Å². The van der Waals surface area contributed by atoms with E-state index in [2.05, 4.69) is 52.2 Å². The molecule has 6 heteroatoms. The van der Waals surface area contributed by atoms with Crippen LogP contribution in [0.25, 0.3) is 0 Å². The molecule has 4 rings (SSSR count). The molecule has 2 aliphatic rings. The molecule has 136 valence electrons. The van der Waals surface area contributed by atoms with Gasteiger partial charge in [0.25, 0.3) is 0 Å². The zero-order valence-electron chi connectivity index (χ0n) is 15.2. The van der Waals surface area contributed by atoms with E-state index in [9.17, 15) is 0 Å². The second kappa shape index (κ2) is 7.27. The van der Waals surface area contributed by atoms with Crippen LogP contribution in [0.15, 0.2) is 47.5 Å². The number of rotatable bonds is 2. The van der Waals surface area contributed by atoms with Gasteiger partial charge in [0.05, 0.1) is 29.4 Å². The molecule has 0 amide bonds. The Morgan fingerprint density at radius 1 is 1.04 bits per heavy atom. The maximum atomic E-state index is 6.28. The fourth-order valence-electron chi connectivity index (χ4n) is 3.46. The van der Waals surface area contributed by atoms with E-state index in [0.29, 0.717) is 0 Å². The molecule has 2 aromatic rings. The summed E-state index contributed by atoms with van der Waals surface area (Å²) in [5, 5.41) is 4.22. The predicted octanol–water partition coefficient (Wildman–Crippen LogP) is 4.16. The molecule has 0 atom stereocenters. The number of fused-ring (bicyclic) bond motifs is 2. The van der Waals surface area contributed by atoms with Crippen molar-refractivity contribution in [2.75, 3.05) is 50.1 Å². The van der Waals surface area contributed by atoms with Crippen LogP contribution >= 0.6 is 11.6 Å². The lowest BCUT2D eigenvalue weighted by Gasteiger charge is -2.34. The molecule has 2 aromatic carbocycles. The predicted molar refractivity (Wildman–Crippen MR) is 110 cm³/mol. The number of para-hydroxylation sites is 2. The van der Waals surface area contributed by atoms with Crippen LogP contribution in [0.2, 0.25) is 5.02 Å². The van der Waals surface area contributed by atoms with Crippen molar-refractivity contribution >= 4 is 40.2 Å². The Morgan fingerprint density at radius 2 is 1.77 bits per heavy atom. The van der Waals surface area contributed by atoms with E-state index in [4.69, 9.17) is 16.6 Å². The molecule has 0 unspecified atom stereocenters. The maximum absolute atomic E-state index is 6.28. The Morgan fingerprint density at radius 3 is 2.58 bits per heavy atom.